The molecule has 0 aliphatic heterocycles. The molecule has 0 saturated carbocycles. The third-order valence-corrected chi connectivity index (χ3v) is 2.79. The minimum atomic E-state index is -0.310. The Bertz CT molecular complexity index is 348. The standard InChI is InChI=1S/C14H22N2O/c1-10(2)9-13(16-11(3)14(15)17)12-7-5-4-6-8-12/h4-8,10-11,13,16H,9H2,1-3H3,(H2,15,17). The van der Waals surface area contributed by atoms with Gasteiger partial charge in [0.15, 0.2) is 0 Å². The van der Waals surface area contributed by atoms with Crippen LogP contribution in [0.1, 0.15) is 38.8 Å². The van der Waals surface area contributed by atoms with Gasteiger partial charge in [0.1, 0.15) is 0 Å². The minimum Gasteiger partial charge on any atom is -0.368 e. The molecule has 1 amide bonds. The second kappa shape index (κ2) is 6.40. The first kappa shape index (κ1) is 13.7. The van der Waals surface area contributed by atoms with Crippen molar-refractivity contribution < 1.29 is 4.79 Å². The molecule has 94 valence electrons. The highest BCUT2D eigenvalue weighted by Gasteiger charge is 2.18. The summed E-state index contributed by atoms with van der Waals surface area (Å²) in [6.45, 7) is 6.15. The molecule has 17 heavy (non-hydrogen) atoms. The monoisotopic (exact) mass is 234 g/mol. The van der Waals surface area contributed by atoms with Gasteiger partial charge in [-0.1, -0.05) is 44.2 Å². The molecule has 1 aromatic rings. The van der Waals surface area contributed by atoms with Crippen LogP contribution in [-0.4, -0.2) is 11.9 Å². The van der Waals surface area contributed by atoms with Crippen molar-refractivity contribution >= 4 is 5.91 Å². The van der Waals surface area contributed by atoms with E-state index in [1.807, 2.05) is 18.2 Å². The van der Waals surface area contributed by atoms with Crippen molar-refractivity contribution in [2.75, 3.05) is 0 Å². The number of rotatable bonds is 6. The largest absolute Gasteiger partial charge is 0.368 e. The van der Waals surface area contributed by atoms with Crippen molar-refractivity contribution in [1.29, 1.82) is 0 Å². The van der Waals surface area contributed by atoms with E-state index in [9.17, 15) is 4.79 Å². The Morgan fingerprint density at radius 1 is 1.24 bits per heavy atom. The predicted octanol–water partition coefficient (Wildman–Crippen LogP) is 2.24. The quantitative estimate of drug-likeness (QED) is 0.793. The Kier molecular flexibility index (Phi) is 5.16. The maximum atomic E-state index is 11.1. The summed E-state index contributed by atoms with van der Waals surface area (Å²) in [7, 11) is 0. The number of hydrogen-bond donors (Lipinski definition) is 2. The third-order valence-electron chi connectivity index (χ3n) is 2.79. The average Bonchev–Trinajstić information content (AvgIpc) is 2.28. The van der Waals surface area contributed by atoms with Crippen LogP contribution >= 0.6 is 0 Å². The van der Waals surface area contributed by atoms with Crippen molar-refractivity contribution in [2.24, 2.45) is 11.7 Å². The van der Waals surface area contributed by atoms with Crippen LogP contribution in [0.25, 0.3) is 0 Å². The molecule has 2 atom stereocenters. The first-order valence-electron chi connectivity index (χ1n) is 6.11. The first-order valence-corrected chi connectivity index (χ1v) is 6.11. The second-order valence-electron chi connectivity index (χ2n) is 4.88. The molecule has 0 aliphatic carbocycles. The van der Waals surface area contributed by atoms with Gasteiger partial charge in [0.05, 0.1) is 6.04 Å². The van der Waals surface area contributed by atoms with Gasteiger partial charge in [-0.2, -0.15) is 0 Å². The summed E-state index contributed by atoms with van der Waals surface area (Å²) in [4.78, 5) is 11.1. The number of nitrogens with one attached hydrogen (secondary N) is 1. The Morgan fingerprint density at radius 2 is 1.82 bits per heavy atom. The summed E-state index contributed by atoms with van der Waals surface area (Å²) in [6.07, 6.45) is 0.988. The second-order valence-corrected chi connectivity index (χ2v) is 4.88. The first-order chi connectivity index (χ1) is 8.00. The van der Waals surface area contributed by atoms with Crippen LogP contribution in [0.5, 0.6) is 0 Å². The summed E-state index contributed by atoms with van der Waals surface area (Å²) in [5.74, 6) is 0.252. The van der Waals surface area contributed by atoms with Gasteiger partial charge in [0.25, 0.3) is 0 Å². The summed E-state index contributed by atoms with van der Waals surface area (Å²) >= 11 is 0. The predicted molar refractivity (Wildman–Crippen MR) is 70.4 cm³/mol. The molecule has 0 bridgehead atoms. The maximum Gasteiger partial charge on any atom is 0.234 e. The van der Waals surface area contributed by atoms with E-state index in [-0.39, 0.29) is 18.0 Å². The summed E-state index contributed by atoms with van der Waals surface area (Å²) in [6, 6.07) is 10.0. The molecular formula is C14H22N2O. The molecule has 0 aromatic heterocycles. The van der Waals surface area contributed by atoms with E-state index in [0.29, 0.717) is 5.92 Å². The summed E-state index contributed by atoms with van der Waals surface area (Å²) in [5, 5.41) is 3.29. The average molecular weight is 234 g/mol. The highest BCUT2D eigenvalue weighted by Crippen LogP contribution is 2.21. The number of hydrogen-bond acceptors (Lipinski definition) is 2. The normalized spacial score (nSPS) is 14.6. The zero-order valence-electron chi connectivity index (χ0n) is 10.8. The lowest BCUT2D eigenvalue weighted by atomic mass is 9.96. The van der Waals surface area contributed by atoms with Crippen LogP contribution in [-0.2, 0) is 4.79 Å². The Hall–Kier alpha value is -1.35. The lowest BCUT2D eigenvalue weighted by molar-refractivity contribution is -0.119. The number of carbonyl (C=O) groups is 1. The van der Waals surface area contributed by atoms with Gasteiger partial charge >= 0.3 is 0 Å². The fourth-order valence-corrected chi connectivity index (χ4v) is 1.84. The van der Waals surface area contributed by atoms with Crippen LogP contribution < -0.4 is 11.1 Å². The van der Waals surface area contributed by atoms with Crippen molar-refractivity contribution in [1.82, 2.24) is 5.32 Å². The lowest BCUT2D eigenvalue weighted by Crippen LogP contribution is -2.41. The number of carbonyl (C=O) groups excluding carboxylic acids is 1. The number of primary amides is 1. The molecule has 3 heteroatoms. The van der Waals surface area contributed by atoms with E-state index < -0.39 is 0 Å². The molecule has 3 nitrogen and oxygen atoms in total. The fraction of sp³-hybridized carbons (Fsp3) is 0.500. The van der Waals surface area contributed by atoms with Crippen LogP contribution in [0, 0.1) is 5.92 Å². The number of benzene rings is 1. The topological polar surface area (TPSA) is 55.1 Å². The third kappa shape index (κ3) is 4.57. The number of amides is 1. The van der Waals surface area contributed by atoms with Crippen molar-refractivity contribution in [3.63, 3.8) is 0 Å². The smallest absolute Gasteiger partial charge is 0.234 e. The number of nitrogens with two attached hydrogens (primary N) is 1. The van der Waals surface area contributed by atoms with Gasteiger partial charge in [0, 0.05) is 6.04 Å². The van der Waals surface area contributed by atoms with E-state index in [4.69, 9.17) is 5.73 Å². The molecular weight excluding hydrogens is 212 g/mol. The van der Waals surface area contributed by atoms with Crippen molar-refractivity contribution in [3.05, 3.63) is 35.9 Å². The van der Waals surface area contributed by atoms with Crippen LogP contribution in [0.3, 0.4) is 0 Å². The van der Waals surface area contributed by atoms with E-state index >= 15 is 0 Å². The minimum absolute atomic E-state index is 0.179. The molecule has 0 spiro atoms. The molecule has 0 aliphatic rings. The zero-order chi connectivity index (χ0) is 12.8. The molecule has 0 saturated heterocycles. The van der Waals surface area contributed by atoms with Gasteiger partial charge in [0.2, 0.25) is 5.91 Å². The SMILES string of the molecule is CC(C)CC(NC(C)C(N)=O)c1ccccc1. The Balaban J connectivity index is 2.77. The van der Waals surface area contributed by atoms with Crippen LogP contribution in [0.2, 0.25) is 0 Å². The fourth-order valence-electron chi connectivity index (χ4n) is 1.84. The van der Waals surface area contributed by atoms with Crippen LogP contribution in [0.4, 0.5) is 0 Å². The molecule has 0 fully saturated rings. The van der Waals surface area contributed by atoms with E-state index in [2.05, 4.69) is 31.3 Å². The Labute approximate surface area is 103 Å². The molecule has 3 N–H and O–H groups in total. The van der Waals surface area contributed by atoms with Gasteiger partial charge in [-0.05, 0) is 24.8 Å². The highest BCUT2D eigenvalue weighted by molar-refractivity contribution is 5.79. The van der Waals surface area contributed by atoms with Gasteiger partial charge in [-0.15, -0.1) is 0 Å². The molecule has 0 heterocycles. The van der Waals surface area contributed by atoms with Crippen molar-refractivity contribution in [3.8, 4) is 0 Å². The van der Waals surface area contributed by atoms with Crippen LogP contribution in [0.15, 0.2) is 30.3 Å². The molecule has 2 unspecified atom stereocenters. The van der Waals surface area contributed by atoms with Gasteiger partial charge in [-0.25, -0.2) is 0 Å². The Morgan fingerprint density at radius 3 is 2.29 bits per heavy atom. The van der Waals surface area contributed by atoms with E-state index in [1.165, 1.54) is 5.56 Å². The summed E-state index contributed by atoms with van der Waals surface area (Å²) < 4.78 is 0. The van der Waals surface area contributed by atoms with E-state index in [0.717, 1.165) is 6.42 Å². The van der Waals surface area contributed by atoms with Gasteiger partial charge < -0.3 is 5.73 Å². The van der Waals surface area contributed by atoms with Gasteiger partial charge in [-0.3, -0.25) is 10.1 Å². The highest BCUT2D eigenvalue weighted by atomic mass is 16.1. The van der Waals surface area contributed by atoms with E-state index in [1.54, 1.807) is 6.92 Å². The maximum absolute atomic E-state index is 11.1. The molecule has 1 rings (SSSR count). The lowest BCUT2D eigenvalue weighted by Gasteiger charge is -2.23. The molecule has 0 radical (unpaired) electrons. The van der Waals surface area contributed by atoms with Crippen molar-refractivity contribution in [2.45, 2.75) is 39.3 Å². The zero-order valence-corrected chi connectivity index (χ0v) is 10.8. The molecule has 1 aromatic carbocycles. The summed E-state index contributed by atoms with van der Waals surface area (Å²) in [5.41, 5.74) is 6.49.